The minimum atomic E-state index is -0.757. The molecule has 0 bridgehead atoms. The van der Waals surface area contributed by atoms with Crippen molar-refractivity contribution in [1.82, 2.24) is 10.6 Å². The highest BCUT2D eigenvalue weighted by atomic mass is 79.9. The van der Waals surface area contributed by atoms with Gasteiger partial charge in [0, 0.05) is 10.9 Å². The molecule has 120 valence electrons. The Morgan fingerprint density at radius 3 is 2.73 bits per heavy atom. The number of rotatable bonds is 6. The second kappa shape index (κ2) is 8.29. The fourth-order valence-corrected chi connectivity index (χ4v) is 2.84. The predicted molar refractivity (Wildman–Crippen MR) is 87.3 cm³/mol. The van der Waals surface area contributed by atoms with Crippen molar-refractivity contribution in [3.8, 4) is 0 Å². The van der Waals surface area contributed by atoms with Crippen molar-refractivity contribution in [3.63, 3.8) is 0 Å². The van der Waals surface area contributed by atoms with Crippen LogP contribution in [0, 0.1) is 5.92 Å². The van der Waals surface area contributed by atoms with Crippen LogP contribution in [-0.4, -0.2) is 32.1 Å². The number of carbonyl (C=O) groups is 2. The highest BCUT2D eigenvalue weighted by Crippen LogP contribution is 2.19. The number of carbonyl (C=O) groups excluding carboxylic acids is 2. The van der Waals surface area contributed by atoms with Crippen molar-refractivity contribution in [2.24, 2.45) is 5.92 Å². The van der Waals surface area contributed by atoms with Crippen LogP contribution >= 0.6 is 15.9 Å². The van der Waals surface area contributed by atoms with E-state index in [9.17, 15) is 9.59 Å². The quantitative estimate of drug-likeness (QED) is 0.755. The summed E-state index contributed by atoms with van der Waals surface area (Å²) >= 11 is 3.35. The van der Waals surface area contributed by atoms with Crippen LogP contribution in [0.4, 0.5) is 0 Å². The second-order valence-electron chi connectivity index (χ2n) is 5.47. The van der Waals surface area contributed by atoms with E-state index in [2.05, 4.69) is 26.6 Å². The molecule has 1 heterocycles. The van der Waals surface area contributed by atoms with Gasteiger partial charge < -0.3 is 15.4 Å². The summed E-state index contributed by atoms with van der Waals surface area (Å²) in [5.41, 5.74) is 0.714. The molecule has 5 nitrogen and oxygen atoms in total. The van der Waals surface area contributed by atoms with Crippen molar-refractivity contribution in [1.29, 1.82) is 0 Å². The third-order valence-electron chi connectivity index (χ3n) is 3.89. The van der Waals surface area contributed by atoms with Gasteiger partial charge >= 0.3 is 5.97 Å². The summed E-state index contributed by atoms with van der Waals surface area (Å²) in [6.07, 6.45) is 2.38. The molecule has 1 saturated heterocycles. The predicted octanol–water partition coefficient (Wildman–Crippen LogP) is 2.17. The molecule has 0 aromatic heterocycles. The first-order valence-electron chi connectivity index (χ1n) is 7.43. The number of methoxy groups -OCH3 is 1. The zero-order valence-electron chi connectivity index (χ0n) is 12.6. The summed E-state index contributed by atoms with van der Waals surface area (Å²) in [7, 11) is 1.32. The molecule has 1 fully saturated rings. The van der Waals surface area contributed by atoms with Gasteiger partial charge in [-0.05, 0) is 49.5 Å². The van der Waals surface area contributed by atoms with Crippen LogP contribution in [0.25, 0.3) is 0 Å². The minimum Gasteiger partial charge on any atom is -0.467 e. The lowest BCUT2D eigenvalue weighted by atomic mass is 10.0. The maximum absolute atomic E-state index is 12.1. The SMILES string of the molecule is COC(=O)C(NC(=O)CCC1CCNC1)c1ccc(Br)cc1. The number of amides is 1. The summed E-state index contributed by atoms with van der Waals surface area (Å²) in [6.45, 7) is 2.00. The van der Waals surface area contributed by atoms with E-state index in [0.29, 0.717) is 17.9 Å². The first-order chi connectivity index (χ1) is 10.6. The van der Waals surface area contributed by atoms with Crippen LogP contribution in [0.2, 0.25) is 0 Å². The lowest BCUT2D eigenvalue weighted by Crippen LogP contribution is -2.34. The highest BCUT2D eigenvalue weighted by Gasteiger charge is 2.24. The molecule has 1 aliphatic rings. The Balaban J connectivity index is 1.95. The number of nitrogens with one attached hydrogen (secondary N) is 2. The third kappa shape index (κ3) is 4.81. The van der Waals surface area contributed by atoms with Gasteiger partial charge in [0.1, 0.15) is 0 Å². The monoisotopic (exact) mass is 368 g/mol. The number of esters is 1. The molecular formula is C16H21BrN2O3. The molecule has 2 N–H and O–H groups in total. The lowest BCUT2D eigenvalue weighted by molar-refractivity contribution is -0.145. The van der Waals surface area contributed by atoms with Crippen molar-refractivity contribution in [2.75, 3.05) is 20.2 Å². The molecular weight excluding hydrogens is 348 g/mol. The molecule has 1 aromatic carbocycles. The molecule has 0 radical (unpaired) electrons. The van der Waals surface area contributed by atoms with Gasteiger partial charge in [-0.2, -0.15) is 0 Å². The number of benzene rings is 1. The normalized spacial score (nSPS) is 18.7. The molecule has 0 aliphatic carbocycles. The van der Waals surface area contributed by atoms with E-state index in [1.807, 2.05) is 12.1 Å². The molecule has 6 heteroatoms. The smallest absolute Gasteiger partial charge is 0.333 e. The average Bonchev–Trinajstić information content (AvgIpc) is 3.04. The molecule has 0 spiro atoms. The Morgan fingerprint density at radius 1 is 1.41 bits per heavy atom. The Hall–Kier alpha value is -1.40. The second-order valence-corrected chi connectivity index (χ2v) is 6.39. The minimum absolute atomic E-state index is 0.120. The molecule has 2 atom stereocenters. The first-order valence-corrected chi connectivity index (χ1v) is 8.23. The van der Waals surface area contributed by atoms with Gasteiger partial charge in [-0.15, -0.1) is 0 Å². The van der Waals surface area contributed by atoms with Crippen LogP contribution in [0.15, 0.2) is 28.7 Å². The van der Waals surface area contributed by atoms with Gasteiger partial charge in [-0.3, -0.25) is 4.79 Å². The highest BCUT2D eigenvalue weighted by molar-refractivity contribution is 9.10. The van der Waals surface area contributed by atoms with Crippen molar-refractivity contribution >= 4 is 27.8 Å². The van der Waals surface area contributed by atoms with Crippen LogP contribution < -0.4 is 10.6 Å². The van der Waals surface area contributed by atoms with Crippen LogP contribution in [0.1, 0.15) is 30.9 Å². The first kappa shape index (κ1) is 17.0. The van der Waals surface area contributed by atoms with E-state index in [-0.39, 0.29) is 5.91 Å². The Kier molecular flexibility index (Phi) is 6.39. The lowest BCUT2D eigenvalue weighted by Gasteiger charge is -2.17. The summed E-state index contributed by atoms with van der Waals surface area (Å²) < 4.78 is 5.72. The van der Waals surface area contributed by atoms with Crippen LogP contribution in [0.5, 0.6) is 0 Å². The van der Waals surface area contributed by atoms with E-state index in [1.54, 1.807) is 12.1 Å². The Bertz CT molecular complexity index is 513. The van der Waals surface area contributed by atoms with E-state index in [1.165, 1.54) is 7.11 Å². The summed E-state index contributed by atoms with van der Waals surface area (Å²) in [4.78, 5) is 24.1. The fourth-order valence-electron chi connectivity index (χ4n) is 2.58. The summed E-state index contributed by atoms with van der Waals surface area (Å²) in [5, 5.41) is 6.06. The van der Waals surface area contributed by atoms with Crippen molar-refractivity contribution < 1.29 is 14.3 Å². The van der Waals surface area contributed by atoms with Crippen LogP contribution in [0.3, 0.4) is 0 Å². The van der Waals surface area contributed by atoms with Gasteiger partial charge in [-0.1, -0.05) is 28.1 Å². The van der Waals surface area contributed by atoms with Gasteiger partial charge in [-0.25, -0.2) is 4.79 Å². The Morgan fingerprint density at radius 2 is 2.14 bits per heavy atom. The number of halogens is 1. The molecule has 1 aliphatic heterocycles. The van der Waals surface area contributed by atoms with Gasteiger partial charge in [0.15, 0.2) is 6.04 Å². The fraction of sp³-hybridized carbons (Fsp3) is 0.500. The maximum Gasteiger partial charge on any atom is 0.333 e. The number of hydrogen-bond donors (Lipinski definition) is 2. The third-order valence-corrected chi connectivity index (χ3v) is 4.42. The van der Waals surface area contributed by atoms with E-state index in [0.717, 1.165) is 30.4 Å². The largest absolute Gasteiger partial charge is 0.467 e. The average molecular weight is 369 g/mol. The van der Waals surface area contributed by atoms with Crippen LogP contribution in [-0.2, 0) is 14.3 Å². The Labute approximate surface area is 138 Å². The van der Waals surface area contributed by atoms with Gasteiger partial charge in [0.05, 0.1) is 7.11 Å². The van der Waals surface area contributed by atoms with Crippen molar-refractivity contribution in [2.45, 2.75) is 25.3 Å². The van der Waals surface area contributed by atoms with E-state index >= 15 is 0 Å². The van der Waals surface area contributed by atoms with E-state index < -0.39 is 12.0 Å². The zero-order chi connectivity index (χ0) is 15.9. The van der Waals surface area contributed by atoms with E-state index in [4.69, 9.17) is 4.74 Å². The topological polar surface area (TPSA) is 67.4 Å². The zero-order valence-corrected chi connectivity index (χ0v) is 14.2. The number of ether oxygens (including phenoxy) is 1. The molecule has 2 unspecified atom stereocenters. The molecule has 1 amide bonds. The summed E-state index contributed by atoms with van der Waals surface area (Å²) in [6, 6.07) is 6.51. The molecule has 2 rings (SSSR count). The molecule has 1 aromatic rings. The van der Waals surface area contributed by atoms with Crippen molar-refractivity contribution in [3.05, 3.63) is 34.3 Å². The molecule has 22 heavy (non-hydrogen) atoms. The van der Waals surface area contributed by atoms with Gasteiger partial charge in [0.25, 0.3) is 0 Å². The number of hydrogen-bond acceptors (Lipinski definition) is 4. The van der Waals surface area contributed by atoms with Gasteiger partial charge in [0.2, 0.25) is 5.91 Å². The standard InChI is InChI=1S/C16H21BrN2O3/c1-22-16(21)15(12-3-5-13(17)6-4-12)19-14(20)7-2-11-8-9-18-10-11/h3-6,11,15,18H,2,7-10H2,1H3,(H,19,20). The summed E-state index contributed by atoms with van der Waals surface area (Å²) in [5.74, 6) is -0.0292. The maximum atomic E-state index is 12.1. The molecule has 0 saturated carbocycles.